The van der Waals surface area contributed by atoms with Crippen LogP contribution in [0.4, 0.5) is 11.6 Å². The fourth-order valence-corrected chi connectivity index (χ4v) is 7.83. The summed E-state index contributed by atoms with van der Waals surface area (Å²) in [6.07, 6.45) is -0.690. The molecular weight excluding hydrogens is 858 g/mol. The highest BCUT2D eigenvalue weighted by molar-refractivity contribution is 7.48. The average Bonchev–Trinajstić information content (AvgIpc) is 3.23. The molecule has 2 atom stereocenters. The molecule has 336 valence electrons. The zero-order chi connectivity index (χ0) is 45.3. The molecule has 0 aliphatic rings. The van der Waals surface area contributed by atoms with Gasteiger partial charge in [0.05, 0.1) is 57.0 Å². The summed E-state index contributed by atoms with van der Waals surface area (Å²) in [6, 6.07) is 10.2. The molecule has 1 unspecified atom stereocenters. The Kier molecular flexibility index (Phi) is 18.6. The van der Waals surface area contributed by atoms with E-state index in [1.54, 1.807) is 39.8 Å². The molecule has 2 aromatic carbocycles. The number of aliphatic carboxylic acids is 1. The predicted octanol–water partition coefficient (Wildman–Crippen LogP) is 3.97. The Labute approximate surface area is 355 Å². The molecule has 4 rings (SSSR count). The van der Waals surface area contributed by atoms with E-state index in [1.165, 1.54) is 42.6 Å². The van der Waals surface area contributed by atoms with Gasteiger partial charge in [0.15, 0.2) is 11.2 Å². The lowest BCUT2D eigenvalue weighted by Gasteiger charge is -2.25. The number of esters is 1. The van der Waals surface area contributed by atoms with Gasteiger partial charge in [-0.25, -0.2) is 23.9 Å². The van der Waals surface area contributed by atoms with E-state index in [2.05, 4.69) is 35.9 Å². The summed E-state index contributed by atoms with van der Waals surface area (Å²) in [4.78, 5) is 78.2. The van der Waals surface area contributed by atoms with Gasteiger partial charge >= 0.3 is 27.6 Å². The second kappa shape index (κ2) is 23.5. The van der Waals surface area contributed by atoms with Crippen molar-refractivity contribution in [3.8, 4) is 5.75 Å². The van der Waals surface area contributed by atoms with Gasteiger partial charge in [0.25, 0.3) is 17.4 Å². The standard InChI is InChI=1S/C37H48N8O15P2/c1-5-54-61(52,55-6-2)58-22-26(60-62(53,56-7-3)57-8-4)21-41-34(48)27-11-9-10-12-29(27)59-30(46)18-17-28(36(50)51)43-33(47)23-13-15-24(16-14-23)39-19-25-20-40-32-31(42-25)35(49)45-37(38)44-32/h9-16,20,26,28,39H,5-8,17-19,21-22H2,1-4H3,(H,41,48)(H,43,47)(H,50,51)(H3,38,40,44,45,49)/t26?,28-/m1/s1. The van der Waals surface area contributed by atoms with E-state index in [9.17, 15) is 38.2 Å². The van der Waals surface area contributed by atoms with Gasteiger partial charge in [0, 0.05) is 24.2 Å². The number of aromatic amines is 1. The molecule has 0 saturated carbocycles. The van der Waals surface area contributed by atoms with Crippen molar-refractivity contribution in [2.45, 2.75) is 59.2 Å². The molecule has 2 aromatic heterocycles. The number of carboxylic acids is 1. The first-order chi connectivity index (χ1) is 29.6. The zero-order valence-corrected chi connectivity index (χ0v) is 36.0. The maximum Gasteiger partial charge on any atom is 0.475 e. The third kappa shape index (κ3) is 14.8. The maximum absolute atomic E-state index is 13.4. The largest absolute Gasteiger partial charge is 0.480 e. The number of nitrogens with two attached hydrogens (primary N) is 1. The minimum atomic E-state index is -4.18. The number of nitrogens with one attached hydrogen (secondary N) is 4. The van der Waals surface area contributed by atoms with Crippen LogP contribution in [-0.4, -0.2) is 101 Å². The van der Waals surface area contributed by atoms with Gasteiger partial charge in [-0.3, -0.25) is 51.3 Å². The minimum absolute atomic E-state index is 0.0148. The molecule has 7 N–H and O–H groups in total. The molecule has 0 radical (unpaired) electrons. The van der Waals surface area contributed by atoms with Gasteiger partial charge in [-0.05, 0) is 70.5 Å². The number of carbonyl (C=O) groups is 4. The van der Waals surface area contributed by atoms with Crippen molar-refractivity contribution in [2.75, 3.05) is 50.6 Å². The first kappa shape index (κ1) is 49.0. The molecule has 0 saturated heterocycles. The lowest BCUT2D eigenvalue weighted by atomic mass is 10.1. The summed E-state index contributed by atoms with van der Waals surface area (Å²) in [7, 11) is -8.24. The first-order valence-electron chi connectivity index (χ1n) is 19.2. The molecular formula is C37H48N8O15P2. The summed E-state index contributed by atoms with van der Waals surface area (Å²) >= 11 is 0. The molecule has 25 heteroatoms. The number of benzene rings is 2. The quantitative estimate of drug-likeness (QED) is 0.0295. The Balaban J connectivity index is 1.33. The van der Waals surface area contributed by atoms with E-state index < -0.39 is 76.7 Å². The Morgan fingerprint density at radius 2 is 1.50 bits per heavy atom. The molecule has 2 heterocycles. The second-order valence-electron chi connectivity index (χ2n) is 12.6. The number of rotatable bonds is 26. The number of para-hydroxylation sites is 1. The molecule has 0 aliphatic carbocycles. The second-order valence-corrected chi connectivity index (χ2v) is 15.9. The number of phosphoric ester groups is 2. The number of hydrogen-bond donors (Lipinski definition) is 6. The van der Waals surface area contributed by atoms with E-state index in [4.69, 9.17) is 37.6 Å². The van der Waals surface area contributed by atoms with Crippen molar-refractivity contribution >= 4 is 62.2 Å². The van der Waals surface area contributed by atoms with Crippen molar-refractivity contribution in [3.63, 3.8) is 0 Å². The number of amides is 2. The number of phosphoric acid groups is 2. The van der Waals surface area contributed by atoms with Crippen molar-refractivity contribution in [1.82, 2.24) is 30.6 Å². The molecule has 0 aliphatic heterocycles. The molecule has 23 nitrogen and oxygen atoms in total. The van der Waals surface area contributed by atoms with Crippen molar-refractivity contribution in [2.24, 2.45) is 0 Å². The van der Waals surface area contributed by atoms with Crippen LogP contribution in [0.25, 0.3) is 11.2 Å². The molecule has 62 heavy (non-hydrogen) atoms. The van der Waals surface area contributed by atoms with Crippen LogP contribution in [0.1, 0.15) is 66.9 Å². The first-order valence-corrected chi connectivity index (χ1v) is 22.1. The van der Waals surface area contributed by atoms with E-state index in [1.807, 2.05) is 0 Å². The highest BCUT2D eigenvalue weighted by Gasteiger charge is 2.34. The number of nitrogen functional groups attached to an aromatic ring is 1. The van der Waals surface area contributed by atoms with Crippen LogP contribution in [0, 0.1) is 0 Å². The molecule has 0 fully saturated rings. The summed E-state index contributed by atoms with van der Waals surface area (Å²) in [6.45, 7) is 5.36. The Morgan fingerprint density at radius 1 is 0.855 bits per heavy atom. The van der Waals surface area contributed by atoms with Crippen LogP contribution in [-0.2, 0) is 52.4 Å². The Hall–Kier alpha value is -5.64. The van der Waals surface area contributed by atoms with Gasteiger partial charge in [0.1, 0.15) is 17.9 Å². The van der Waals surface area contributed by atoms with Crippen LogP contribution in [0.15, 0.2) is 59.5 Å². The highest BCUT2D eigenvalue weighted by Crippen LogP contribution is 2.52. The van der Waals surface area contributed by atoms with Crippen molar-refractivity contribution in [3.05, 3.63) is 81.9 Å². The summed E-state index contributed by atoms with van der Waals surface area (Å²) < 4.78 is 63.2. The van der Waals surface area contributed by atoms with E-state index in [0.717, 1.165) is 0 Å². The van der Waals surface area contributed by atoms with E-state index >= 15 is 0 Å². The van der Waals surface area contributed by atoms with E-state index in [-0.39, 0.29) is 73.4 Å². The highest BCUT2D eigenvalue weighted by atomic mass is 31.2. The number of anilines is 2. The minimum Gasteiger partial charge on any atom is -0.480 e. The number of carbonyl (C=O) groups excluding carboxylic acids is 3. The number of carboxylic acid groups (broad SMARTS) is 1. The van der Waals surface area contributed by atoms with Crippen molar-refractivity contribution < 1.29 is 65.3 Å². The summed E-state index contributed by atoms with van der Waals surface area (Å²) in [5.74, 6) is -4.08. The monoisotopic (exact) mass is 906 g/mol. The molecule has 0 spiro atoms. The SMILES string of the molecule is CCOP(=O)(OCC)OCC(CNC(=O)c1ccccc1OC(=O)CC[C@@H](NC(=O)c1ccc(NCc2cnc3nc(N)[nH]c(=O)c3n2)cc1)C(=O)O)OP(=O)(OCC)OCC. The number of hydrogen-bond acceptors (Lipinski definition) is 19. The third-order valence-corrected chi connectivity index (χ3v) is 11.4. The zero-order valence-electron chi connectivity index (χ0n) is 34.2. The summed E-state index contributed by atoms with van der Waals surface area (Å²) in [5, 5.41) is 17.9. The Bertz CT molecular complexity index is 2310. The molecule has 2 amide bonds. The number of nitrogens with zero attached hydrogens (tertiary/aromatic N) is 3. The predicted molar refractivity (Wildman–Crippen MR) is 221 cm³/mol. The fraction of sp³-hybridized carbons (Fsp3) is 0.405. The van der Waals surface area contributed by atoms with E-state index in [0.29, 0.717) is 11.4 Å². The maximum atomic E-state index is 13.4. The average molecular weight is 907 g/mol. The summed E-state index contributed by atoms with van der Waals surface area (Å²) in [5.41, 5.74) is 6.12. The van der Waals surface area contributed by atoms with Crippen LogP contribution < -0.4 is 32.0 Å². The van der Waals surface area contributed by atoms with Gasteiger partial charge in [-0.15, -0.1) is 0 Å². The third-order valence-electron chi connectivity index (χ3n) is 8.04. The van der Waals surface area contributed by atoms with Gasteiger partial charge in [-0.2, -0.15) is 4.98 Å². The van der Waals surface area contributed by atoms with Gasteiger partial charge in [0.2, 0.25) is 5.95 Å². The lowest BCUT2D eigenvalue weighted by Crippen LogP contribution is -2.41. The number of ether oxygens (including phenoxy) is 1. The van der Waals surface area contributed by atoms with Gasteiger partial charge < -0.3 is 31.5 Å². The fourth-order valence-electron chi connectivity index (χ4n) is 5.29. The van der Waals surface area contributed by atoms with Crippen molar-refractivity contribution in [1.29, 1.82) is 0 Å². The van der Waals surface area contributed by atoms with Crippen LogP contribution in [0.3, 0.4) is 0 Å². The topological polar surface area (TPSA) is 321 Å². The van der Waals surface area contributed by atoms with Crippen LogP contribution in [0.5, 0.6) is 5.75 Å². The molecule has 4 aromatic rings. The van der Waals surface area contributed by atoms with Crippen LogP contribution in [0.2, 0.25) is 0 Å². The van der Waals surface area contributed by atoms with Crippen LogP contribution >= 0.6 is 15.6 Å². The lowest BCUT2D eigenvalue weighted by molar-refractivity contribution is -0.140. The Morgan fingerprint density at radius 3 is 2.15 bits per heavy atom. The smallest absolute Gasteiger partial charge is 0.475 e. The number of fused-ring (bicyclic) bond motifs is 1. The van der Waals surface area contributed by atoms with Gasteiger partial charge in [-0.1, -0.05) is 12.1 Å². The molecule has 0 bridgehead atoms. The number of H-pyrrole nitrogens is 1. The normalized spacial score (nSPS) is 12.6. The number of aromatic nitrogens is 4.